The lowest BCUT2D eigenvalue weighted by Crippen LogP contribution is -2.15. The first-order chi connectivity index (χ1) is 21.9. The van der Waals surface area contributed by atoms with Crippen molar-refractivity contribution in [1.29, 1.82) is 0 Å². The van der Waals surface area contributed by atoms with Gasteiger partial charge in [0.15, 0.2) is 5.75 Å². The molecule has 0 bridgehead atoms. The van der Waals surface area contributed by atoms with E-state index in [9.17, 15) is 44.0 Å². The minimum absolute atomic E-state index is 0.0267. The summed E-state index contributed by atoms with van der Waals surface area (Å²) >= 11 is 6.14. The van der Waals surface area contributed by atoms with Gasteiger partial charge in [-0.1, -0.05) is 30.3 Å². The molecular formula is C26H20ClN7O10S3. The summed E-state index contributed by atoms with van der Waals surface area (Å²) in [5.41, 5.74) is -1.06. The van der Waals surface area contributed by atoms with Crippen molar-refractivity contribution in [2.24, 2.45) is 10.2 Å². The second kappa shape index (κ2) is 12.4. The highest BCUT2D eigenvalue weighted by atomic mass is 35.5. The summed E-state index contributed by atoms with van der Waals surface area (Å²) in [6.45, 7) is 0. The number of benzene rings is 4. The number of halogens is 1. The summed E-state index contributed by atoms with van der Waals surface area (Å²) in [5.74, 6) is -1.27. The Kier molecular flexibility index (Phi) is 8.85. The highest BCUT2D eigenvalue weighted by molar-refractivity contribution is 7.86. The molecule has 5 aromatic rings. The van der Waals surface area contributed by atoms with Gasteiger partial charge >= 0.3 is 0 Å². The average molecular weight is 722 g/mol. The molecule has 0 aliphatic heterocycles. The number of fused-ring (bicyclic) bond motifs is 1. The summed E-state index contributed by atoms with van der Waals surface area (Å²) in [7, 11) is -13.4. The Morgan fingerprint density at radius 3 is 2.04 bits per heavy atom. The van der Waals surface area contributed by atoms with E-state index < -0.39 is 62.2 Å². The van der Waals surface area contributed by atoms with E-state index in [1.165, 1.54) is 12.1 Å². The van der Waals surface area contributed by atoms with Crippen LogP contribution in [0.5, 0.6) is 5.75 Å². The predicted octanol–water partition coefficient (Wildman–Crippen LogP) is 5.05. The Morgan fingerprint density at radius 2 is 1.40 bits per heavy atom. The van der Waals surface area contributed by atoms with Crippen molar-refractivity contribution in [2.45, 2.75) is 14.7 Å². The maximum Gasteiger partial charge on any atom is 0.296 e. The maximum atomic E-state index is 12.4. The maximum absolute atomic E-state index is 12.4. The number of hydrogen-bond donors (Lipinski definition) is 5. The van der Waals surface area contributed by atoms with Gasteiger partial charge in [0.25, 0.3) is 30.4 Å². The van der Waals surface area contributed by atoms with Gasteiger partial charge in [-0.15, -0.1) is 10.2 Å². The number of nitrogens with zero attached hydrogens (tertiary/aromatic N) is 6. The summed E-state index contributed by atoms with van der Waals surface area (Å²) < 4.78 is 102. The second-order valence-electron chi connectivity index (χ2n) is 9.48. The highest BCUT2D eigenvalue weighted by Gasteiger charge is 2.26. The molecule has 0 saturated carbocycles. The van der Waals surface area contributed by atoms with Crippen LogP contribution in [0.4, 0.5) is 34.6 Å². The first kappa shape index (κ1) is 33.5. The van der Waals surface area contributed by atoms with Crippen LogP contribution >= 0.6 is 11.6 Å². The van der Waals surface area contributed by atoms with Gasteiger partial charge in [0.2, 0.25) is 17.2 Å². The van der Waals surface area contributed by atoms with Crippen LogP contribution < -0.4 is 10.2 Å². The van der Waals surface area contributed by atoms with E-state index in [1.54, 1.807) is 42.3 Å². The fraction of sp³-hybridized carbons (Fsp3) is 0.0385. The topological polar surface area (TPSA) is 262 Å². The van der Waals surface area contributed by atoms with E-state index in [2.05, 4.69) is 30.5 Å². The monoisotopic (exact) mass is 721 g/mol. The quantitative estimate of drug-likeness (QED) is 0.0984. The number of aromatic hydroxyl groups is 1. The standard InChI is InChI=1S/C26H20ClN7O10S3/c1-34(15-7-3-2-4-8-15)26-30-24(27)29-25(31-26)28-18-13-16(45(36,37)38)11-14-12-20(47(42,43)44)22(23(35)21(14)18)33-32-17-9-5-6-10-19(17)46(39,40)41/h2-13,35H,1H3,(H,36,37,38)(H,39,40,41)(H,42,43,44)(H,28,29,30,31)/b33-32+. The molecule has 1 heterocycles. The summed E-state index contributed by atoms with van der Waals surface area (Å²) in [6, 6.07) is 15.9. The molecule has 5 rings (SSSR count). The van der Waals surface area contributed by atoms with E-state index in [4.69, 9.17) is 11.6 Å². The van der Waals surface area contributed by atoms with E-state index in [0.717, 1.165) is 30.3 Å². The third-order valence-electron chi connectivity index (χ3n) is 6.39. The Labute approximate surface area is 271 Å². The fourth-order valence-corrected chi connectivity index (χ4v) is 6.28. The number of azo groups is 1. The number of nitrogens with one attached hydrogen (secondary N) is 1. The normalized spacial score (nSPS) is 12.4. The van der Waals surface area contributed by atoms with Crippen molar-refractivity contribution in [3.63, 3.8) is 0 Å². The molecular weight excluding hydrogens is 702 g/mol. The summed E-state index contributed by atoms with van der Waals surface area (Å²) in [5, 5.41) is 20.4. The zero-order chi connectivity index (χ0) is 34.3. The SMILES string of the molecule is CN(c1ccccc1)c1nc(Cl)nc(Nc2cc(S(=O)(=O)O)cc3cc(S(=O)(=O)O)c(/N=N/c4ccccc4S(=O)(=O)O)c(O)c23)n1. The summed E-state index contributed by atoms with van der Waals surface area (Å²) in [4.78, 5) is 11.3. The molecule has 17 nitrogen and oxygen atoms in total. The third-order valence-corrected chi connectivity index (χ3v) is 9.15. The first-order valence-electron chi connectivity index (χ1n) is 12.7. The number of rotatable bonds is 9. The molecule has 1 aromatic heterocycles. The van der Waals surface area contributed by atoms with Crippen molar-refractivity contribution in [3.05, 3.63) is 78.1 Å². The van der Waals surface area contributed by atoms with Crippen LogP contribution in [0.2, 0.25) is 5.28 Å². The molecule has 5 N–H and O–H groups in total. The molecule has 4 aromatic carbocycles. The van der Waals surface area contributed by atoms with E-state index in [-0.39, 0.29) is 33.6 Å². The van der Waals surface area contributed by atoms with Gasteiger partial charge in [-0.25, -0.2) is 0 Å². The zero-order valence-corrected chi connectivity index (χ0v) is 26.7. The van der Waals surface area contributed by atoms with Crippen molar-refractivity contribution >= 4 is 87.4 Å². The average Bonchev–Trinajstić information content (AvgIpc) is 2.98. The Hall–Kier alpha value is -4.83. The lowest BCUT2D eigenvalue weighted by atomic mass is 10.1. The van der Waals surface area contributed by atoms with Crippen LogP contribution in [0.1, 0.15) is 0 Å². The molecule has 0 saturated heterocycles. The van der Waals surface area contributed by atoms with Gasteiger partial charge in [-0.05, 0) is 59.5 Å². The molecule has 47 heavy (non-hydrogen) atoms. The van der Waals surface area contributed by atoms with Gasteiger partial charge in [0.1, 0.15) is 21.2 Å². The number of phenolic OH excluding ortho intramolecular Hbond substituents is 1. The molecule has 0 fully saturated rings. The first-order valence-corrected chi connectivity index (χ1v) is 17.4. The van der Waals surface area contributed by atoms with Crippen molar-refractivity contribution in [2.75, 3.05) is 17.3 Å². The van der Waals surface area contributed by atoms with E-state index in [1.807, 2.05) is 0 Å². The fourth-order valence-electron chi connectivity index (χ4n) is 4.30. The van der Waals surface area contributed by atoms with E-state index >= 15 is 0 Å². The van der Waals surface area contributed by atoms with Crippen molar-refractivity contribution in [1.82, 2.24) is 15.0 Å². The van der Waals surface area contributed by atoms with Crippen LogP contribution in [-0.4, -0.2) is 66.0 Å². The smallest absolute Gasteiger partial charge is 0.296 e. The van der Waals surface area contributed by atoms with Crippen molar-refractivity contribution < 1.29 is 44.0 Å². The minimum Gasteiger partial charge on any atom is -0.505 e. The number of phenols is 1. The Balaban J connectivity index is 1.75. The molecule has 0 aliphatic rings. The number of anilines is 4. The second-order valence-corrected chi connectivity index (χ2v) is 14.0. The molecule has 0 spiro atoms. The minimum atomic E-state index is -5.23. The Morgan fingerprint density at radius 1 is 0.766 bits per heavy atom. The molecule has 0 aliphatic carbocycles. The number of hydrogen-bond acceptors (Lipinski definition) is 14. The largest absolute Gasteiger partial charge is 0.505 e. The third kappa shape index (κ3) is 7.28. The van der Waals surface area contributed by atoms with Gasteiger partial charge in [-0.2, -0.15) is 40.2 Å². The molecule has 0 unspecified atom stereocenters. The van der Waals surface area contributed by atoms with E-state index in [0.29, 0.717) is 5.69 Å². The molecule has 21 heteroatoms. The number of para-hydroxylation sites is 1. The van der Waals surface area contributed by atoms with Gasteiger partial charge in [0, 0.05) is 18.1 Å². The van der Waals surface area contributed by atoms with Crippen LogP contribution in [0.15, 0.2) is 97.7 Å². The van der Waals surface area contributed by atoms with Crippen LogP contribution in [0.25, 0.3) is 10.8 Å². The zero-order valence-electron chi connectivity index (χ0n) is 23.5. The van der Waals surface area contributed by atoms with Gasteiger partial charge in [0.05, 0.1) is 10.6 Å². The van der Waals surface area contributed by atoms with Crippen LogP contribution in [-0.2, 0) is 30.4 Å². The number of aromatic nitrogens is 3. The summed E-state index contributed by atoms with van der Waals surface area (Å²) in [6.07, 6.45) is 0. The highest BCUT2D eigenvalue weighted by Crippen LogP contribution is 2.46. The lowest BCUT2D eigenvalue weighted by Gasteiger charge is -2.18. The lowest BCUT2D eigenvalue weighted by molar-refractivity contribution is 0.472. The molecule has 244 valence electrons. The van der Waals surface area contributed by atoms with Gasteiger partial charge in [-0.3, -0.25) is 13.7 Å². The van der Waals surface area contributed by atoms with Crippen LogP contribution in [0, 0.1) is 0 Å². The molecule has 0 radical (unpaired) electrons. The predicted molar refractivity (Wildman–Crippen MR) is 168 cm³/mol. The Bertz CT molecular complexity index is 2410. The molecule has 0 atom stereocenters. The van der Waals surface area contributed by atoms with Gasteiger partial charge < -0.3 is 15.3 Å². The van der Waals surface area contributed by atoms with Crippen LogP contribution in [0.3, 0.4) is 0 Å². The molecule has 0 amide bonds. The van der Waals surface area contributed by atoms with Crippen molar-refractivity contribution in [3.8, 4) is 5.75 Å².